The number of nitrogens with one attached hydrogen (secondary N) is 1. The molecule has 1 unspecified atom stereocenters. The van der Waals surface area contributed by atoms with Crippen LogP contribution in [0.3, 0.4) is 0 Å². The standard InChI is InChI=1S/C18H16F8N2O3S/c1-11-6-7-12(8-15(11)18(19,20)21)27-16(29)17(2,28-30)10-31-13-4-3-5-14(9-13)32(22,23,24,25)26/h3-9H,10H2,1-2H3,(H,27,29). The van der Waals surface area contributed by atoms with E-state index in [2.05, 4.69) is 10.5 Å². The molecule has 2 aromatic rings. The number of alkyl halides is 3. The van der Waals surface area contributed by atoms with Crippen LogP contribution in [0.5, 0.6) is 5.75 Å². The molecule has 14 heteroatoms. The molecule has 0 saturated heterocycles. The topological polar surface area (TPSA) is 67.8 Å². The SMILES string of the molecule is Cc1ccc(NC(=O)C(C)(COc2cccc(S(F)(F)(F)(F)F)c2)N=O)cc1C(F)(F)F. The summed E-state index contributed by atoms with van der Waals surface area (Å²) in [7, 11) is -10.00. The maximum Gasteiger partial charge on any atom is 0.416 e. The molecule has 0 aliphatic heterocycles. The van der Waals surface area contributed by atoms with E-state index < -0.39 is 50.7 Å². The van der Waals surface area contributed by atoms with Gasteiger partial charge in [-0.25, -0.2) is 0 Å². The predicted molar refractivity (Wildman–Crippen MR) is 102 cm³/mol. The van der Waals surface area contributed by atoms with Crippen LogP contribution in [0.25, 0.3) is 0 Å². The van der Waals surface area contributed by atoms with Gasteiger partial charge in [-0.1, -0.05) is 31.6 Å². The summed E-state index contributed by atoms with van der Waals surface area (Å²) in [6.45, 7) is 1.12. The first kappa shape index (κ1) is 25.4. The van der Waals surface area contributed by atoms with Crippen LogP contribution < -0.4 is 10.1 Å². The lowest BCUT2D eigenvalue weighted by atomic mass is 10.0. The van der Waals surface area contributed by atoms with Crippen molar-refractivity contribution in [2.45, 2.75) is 30.5 Å². The first-order valence-electron chi connectivity index (χ1n) is 8.56. The van der Waals surface area contributed by atoms with Gasteiger partial charge in [-0.2, -0.15) is 13.2 Å². The molecular formula is C18H16F8N2O3S. The third-order valence-electron chi connectivity index (χ3n) is 4.26. The van der Waals surface area contributed by atoms with Gasteiger partial charge in [0, 0.05) is 11.8 Å². The maximum atomic E-state index is 13.0. The number of hydrogen-bond donors (Lipinski definition) is 1. The molecule has 0 radical (unpaired) electrons. The molecule has 0 spiro atoms. The Morgan fingerprint density at radius 3 is 2.22 bits per heavy atom. The molecule has 1 N–H and O–H groups in total. The fourth-order valence-corrected chi connectivity index (χ4v) is 3.11. The predicted octanol–water partition coefficient (Wildman–Crippen LogP) is 7.21. The Labute approximate surface area is 176 Å². The molecule has 0 bridgehead atoms. The molecule has 0 saturated carbocycles. The highest BCUT2D eigenvalue weighted by Crippen LogP contribution is 3.02. The number of rotatable bonds is 7. The van der Waals surface area contributed by atoms with Gasteiger partial charge in [-0.05, 0) is 48.9 Å². The van der Waals surface area contributed by atoms with Gasteiger partial charge in [0.05, 0.1) is 5.56 Å². The van der Waals surface area contributed by atoms with E-state index in [0.717, 1.165) is 25.1 Å². The van der Waals surface area contributed by atoms with Crippen LogP contribution in [0.1, 0.15) is 18.1 Å². The Bertz CT molecular complexity index is 1060. The van der Waals surface area contributed by atoms with Gasteiger partial charge in [-0.3, -0.25) is 4.79 Å². The minimum atomic E-state index is -10.00. The van der Waals surface area contributed by atoms with Crippen molar-refractivity contribution in [2.24, 2.45) is 5.18 Å². The third kappa shape index (κ3) is 6.08. The number of nitroso groups, excluding NO2 is 1. The Morgan fingerprint density at radius 2 is 1.69 bits per heavy atom. The zero-order valence-electron chi connectivity index (χ0n) is 16.4. The van der Waals surface area contributed by atoms with Crippen LogP contribution >= 0.6 is 10.2 Å². The molecule has 0 aliphatic carbocycles. The van der Waals surface area contributed by atoms with E-state index in [9.17, 15) is 42.3 Å². The molecule has 5 nitrogen and oxygen atoms in total. The molecule has 1 atom stereocenters. The van der Waals surface area contributed by atoms with Crippen LogP contribution in [-0.2, 0) is 11.0 Å². The van der Waals surface area contributed by atoms with Crippen molar-refractivity contribution in [3.05, 3.63) is 58.5 Å². The van der Waals surface area contributed by atoms with Crippen LogP contribution in [0.4, 0.5) is 38.3 Å². The number of amides is 1. The average Bonchev–Trinajstić information content (AvgIpc) is 2.65. The largest absolute Gasteiger partial charge is 0.490 e. The van der Waals surface area contributed by atoms with Crippen LogP contribution in [0, 0.1) is 11.8 Å². The van der Waals surface area contributed by atoms with Crippen molar-refractivity contribution in [3.63, 3.8) is 0 Å². The van der Waals surface area contributed by atoms with Crippen LogP contribution in [0.2, 0.25) is 0 Å². The lowest BCUT2D eigenvalue weighted by molar-refractivity contribution is -0.138. The fraction of sp³-hybridized carbons (Fsp3) is 0.278. The minimum absolute atomic E-state index is 0.000262. The summed E-state index contributed by atoms with van der Waals surface area (Å²) in [6.07, 6.45) is -4.71. The second kappa shape index (κ2) is 7.32. The number of carbonyl (C=O) groups is 1. The molecule has 32 heavy (non-hydrogen) atoms. The van der Waals surface area contributed by atoms with Crippen molar-refractivity contribution >= 4 is 21.8 Å². The van der Waals surface area contributed by atoms with Gasteiger partial charge in [0.15, 0.2) is 0 Å². The summed E-state index contributed by atoms with van der Waals surface area (Å²) < 4.78 is 109. The zero-order valence-corrected chi connectivity index (χ0v) is 17.2. The number of carbonyl (C=O) groups excluding carboxylic acids is 1. The van der Waals surface area contributed by atoms with Crippen molar-refractivity contribution in [1.29, 1.82) is 0 Å². The average molecular weight is 492 g/mol. The minimum Gasteiger partial charge on any atom is -0.490 e. The lowest BCUT2D eigenvalue weighted by Gasteiger charge is -2.40. The zero-order chi connectivity index (χ0) is 24.7. The van der Waals surface area contributed by atoms with E-state index in [1.54, 1.807) is 0 Å². The second-order valence-electron chi connectivity index (χ2n) is 7.08. The highest BCUT2D eigenvalue weighted by atomic mass is 32.5. The molecule has 0 fully saturated rings. The van der Waals surface area contributed by atoms with Gasteiger partial charge in [0.25, 0.3) is 5.91 Å². The van der Waals surface area contributed by atoms with Gasteiger partial charge in [-0.15, -0.1) is 4.91 Å². The Hall–Kier alpha value is -2.90. The Kier molecular flexibility index (Phi) is 5.80. The van der Waals surface area contributed by atoms with Gasteiger partial charge in [0.1, 0.15) is 17.3 Å². The third-order valence-corrected chi connectivity index (χ3v) is 5.41. The van der Waals surface area contributed by atoms with Crippen molar-refractivity contribution in [3.8, 4) is 5.75 Å². The summed E-state index contributed by atoms with van der Waals surface area (Å²) in [4.78, 5) is 21.4. The smallest absolute Gasteiger partial charge is 0.416 e. The summed E-state index contributed by atoms with van der Waals surface area (Å²) in [6, 6.07) is 4.48. The quantitative estimate of drug-likeness (QED) is 0.328. The maximum absolute atomic E-state index is 13.0. The molecule has 178 valence electrons. The molecule has 1 amide bonds. The van der Waals surface area contributed by atoms with E-state index in [1.165, 1.54) is 6.92 Å². The molecule has 0 heterocycles. The number of anilines is 1. The highest BCUT2D eigenvalue weighted by Gasteiger charge is 2.65. The number of hydrogen-bond acceptors (Lipinski definition) is 4. The van der Waals surface area contributed by atoms with Gasteiger partial charge in [0.2, 0.25) is 5.54 Å². The van der Waals surface area contributed by atoms with E-state index in [0.29, 0.717) is 12.1 Å². The van der Waals surface area contributed by atoms with Crippen molar-refractivity contribution in [2.75, 3.05) is 11.9 Å². The van der Waals surface area contributed by atoms with Crippen molar-refractivity contribution < 1.29 is 42.1 Å². The number of aryl methyl sites for hydroxylation is 1. The first-order valence-corrected chi connectivity index (χ1v) is 10.5. The number of nitrogens with zero attached hydrogens (tertiary/aromatic N) is 1. The summed E-state index contributed by atoms with van der Waals surface area (Å²) >= 11 is 0. The Balaban J connectivity index is 2.22. The number of benzene rings is 2. The van der Waals surface area contributed by atoms with Crippen LogP contribution in [-0.4, -0.2) is 18.1 Å². The summed E-state index contributed by atoms with van der Waals surface area (Å²) in [5.41, 5.74) is -3.81. The molecule has 0 aliphatic rings. The van der Waals surface area contributed by atoms with E-state index >= 15 is 0 Å². The number of halogens is 8. The van der Waals surface area contributed by atoms with Crippen molar-refractivity contribution in [1.82, 2.24) is 0 Å². The van der Waals surface area contributed by atoms with E-state index in [-0.39, 0.29) is 23.4 Å². The second-order valence-corrected chi connectivity index (χ2v) is 9.49. The molecule has 2 rings (SSSR count). The van der Waals surface area contributed by atoms with E-state index in [4.69, 9.17) is 4.74 Å². The normalized spacial score (nSPS) is 16.3. The highest BCUT2D eigenvalue weighted by molar-refractivity contribution is 8.45. The molecule has 0 aromatic heterocycles. The van der Waals surface area contributed by atoms with Gasteiger partial charge >= 0.3 is 16.4 Å². The molecule has 2 aromatic carbocycles. The first-order chi connectivity index (χ1) is 14.2. The lowest BCUT2D eigenvalue weighted by Crippen LogP contribution is -2.43. The number of ether oxygens (including phenoxy) is 1. The Morgan fingerprint density at radius 1 is 1.06 bits per heavy atom. The molecular weight excluding hydrogens is 476 g/mol. The fourth-order valence-electron chi connectivity index (χ4n) is 2.43. The van der Waals surface area contributed by atoms with Gasteiger partial charge < -0.3 is 10.1 Å². The van der Waals surface area contributed by atoms with E-state index in [1.807, 2.05) is 0 Å². The summed E-state index contributed by atoms with van der Waals surface area (Å²) in [5.74, 6) is -1.96. The van der Waals surface area contributed by atoms with Crippen LogP contribution in [0.15, 0.2) is 52.5 Å². The monoisotopic (exact) mass is 492 g/mol. The summed E-state index contributed by atoms with van der Waals surface area (Å²) in [5, 5.41) is 4.60.